The van der Waals surface area contributed by atoms with E-state index in [-0.39, 0.29) is 5.91 Å². The summed E-state index contributed by atoms with van der Waals surface area (Å²) in [5, 5.41) is 0.893. The average molecular weight is 308 g/mol. The number of amides is 1. The van der Waals surface area contributed by atoms with E-state index in [9.17, 15) is 4.79 Å². The fourth-order valence-electron chi connectivity index (χ4n) is 3.13. The number of carbonyl (C=O) groups is 1. The summed E-state index contributed by atoms with van der Waals surface area (Å²) in [7, 11) is 0. The normalized spacial score (nSPS) is 22.3. The van der Waals surface area contributed by atoms with Gasteiger partial charge in [-0.15, -0.1) is 0 Å². The molecular formula is C15H18BrNO. The largest absolute Gasteiger partial charge is 0.335 e. The first kappa shape index (κ1) is 12.2. The van der Waals surface area contributed by atoms with E-state index in [1.165, 1.54) is 24.0 Å². The highest BCUT2D eigenvalue weighted by molar-refractivity contribution is 9.09. The number of hydrogen-bond acceptors (Lipinski definition) is 1. The van der Waals surface area contributed by atoms with Crippen molar-refractivity contribution in [2.24, 2.45) is 0 Å². The molecule has 2 nitrogen and oxygen atoms in total. The molecule has 0 aromatic heterocycles. The minimum absolute atomic E-state index is 0.214. The number of benzene rings is 1. The van der Waals surface area contributed by atoms with Gasteiger partial charge in [0, 0.05) is 23.5 Å². The molecule has 3 heteroatoms. The molecule has 3 rings (SSSR count). The molecule has 1 atom stereocenters. The molecule has 1 aliphatic heterocycles. The Hall–Kier alpha value is -0.830. The monoisotopic (exact) mass is 307 g/mol. The first-order valence-corrected chi connectivity index (χ1v) is 7.90. The zero-order chi connectivity index (χ0) is 12.5. The van der Waals surface area contributed by atoms with E-state index in [4.69, 9.17) is 0 Å². The van der Waals surface area contributed by atoms with Crippen molar-refractivity contribution in [3.63, 3.8) is 0 Å². The molecule has 0 saturated carbocycles. The Labute approximate surface area is 116 Å². The molecule has 0 radical (unpaired) electrons. The minimum atomic E-state index is 0.214. The van der Waals surface area contributed by atoms with Gasteiger partial charge in [-0.1, -0.05) is 22.0 Å². The van der Waals surface area contributed by atoms with Crippen molar-refractivity contribution in [1.82, 2.24) is 4.90 Å². The number of halogens is 1. The van der Waals surface area contributed by atoms with E-state index < -0.39 is 0 Å². The molecule has 1 aliphatic carbocycles. The number of nitrogens with zero attached hydrogens (tertiary/aromatic N) is 1. The lowest BCUT2D eigenvalue weighted by molar-refractivity contribution is 0.0750. The molecule has 96 valence electrons. The van der Waals surface area contributed by atoms with Crippen LogP contribution in [0, 0.1) is 0 Å². The number of fused-ring (bicyclic) bond motifs is 1. The number of rotatable bonds is 2. The van der Waals surface area contributed by atoms with Crippen LogP contribution >= 0.6 is 15.9 Å². The summed E-state index contributed by atoms with van der Waals surface area (Å²) in [6, 6.07) is 6.66. The van der Waals surface area contributed by atoms with Crippen LogP contribution < -0.4 is 0 Å². The maximum absolute atomic E-state index is 12.5. The van der Waals surface area contributed by atoms with Crippen LogP contribution in [0.3, 0.4) is 0 Å². The Kier molecular flexibility index (Phi) is 3.42. The summed E-state index contributed by atoms with van der Waals surface area (Å²) in [5.41, 5.74) is 3.70. The van der Waals surface area contributed by atoms with Crippen LogP contribution in [-0.2, 0) is 12.8 Å². The van der Waals surface area contributed by atoms with Crippen molar-refractivity contribution in [1.29, 1.82) is 0 Å². The second-order valence-corrected chi connectivity index (χ2v) is 5.93. The van der Waals surface area contributed by atoms with Crippen molar-refractivity contribution in [3.05, 3.63) is 34.9 Å². The lowest BCUT2D eigenvalue weighted by atomic mass is 10.1. The Morgan fingerprint density at radius 3 is 2.94 bits per heavy atom. The standard InChI is InChI=1S/C15H18BrNO/c16-10-14-5-2-8-17(14)15(18)13-7-6-11-3-1-4-12(11)9-13/h6-7,9,14H,1-5,8,10H2. The Bertz CT molecular complexity index is 472. The SMILES string of the molecule is O=C(c1ccc2c(c1)CCC2)N1CCCC1CBr. The number of likely N-dealkylation sites (tertiary alicyclic amines) is 1. The van der Waals surface area contributed by atoms with Crippen molar-refractivity contribution in [3.8, 4) is 0 Å². The third kappa shape index (κ3) is 2.09. The van der Waals surface area contributed by atoms with E-state index in [1.807, 2.05) is 11.0 Å². The molecule has 1 heterocycles. The highest BCUT2D eigenvalue weighted by atomic mass is 79.9. The van der Waals surface area contributed by atoms with Gasteiger partial charge in [-0.05, 0) is 55.4 Å². The number of hydrogen-bond donors (Lipinski definition) is 0. The predicted octanol–water partition coefficient (Wildman–Crippen LogP) is 3.17. The molecule has 2 aliphatic rings. The van der Waals surface area contributed by atoms with Crippen LogP contribution in [0.15, 0.2) is 18.2 Å². The van der Waals surface area contributed by atoms with E-state index in [1.54, 1.807) is 0 Å². The van der Waals surface area contributed by atoms with Gasteiger partial charge in [0.2, 0.25) is 0 Å². The highest BCUT2D eigenvalue weighted by Crippen LogP contribution is 2.26. The van der Waals surface area contributed by atoms with E-state index in [0.717, 1.165) is 36.7 Å². The van der Waals surface area contributed by atoms with Crippen LogP contribution in [0.4, 0.5) is 0 Å². The van der Waals surface area contributed by atoms with Crippen molar-refractivity contribution < 1.29 is 4.79 Å². The van der Waals surface area contributed by atoms with E-state index >= 15 is 0 Å². The maximum Gasteiger partial charge on any atom is 0.254 e. The molecule has 1 aromatic carbocycles. The number of alkyl halides is 1. The molecule has 0 spiro atoms. The number of aryl methyl sites for hydroxylation is 2. The molecule has 0 N–H and O–H groups in total. The summed E-state index contributed by atoms with van der Waals surface area (Å²) in [6.07, 6.45) is 5.81. The van der Waals surface area contributed by atoms with Crippen molar-refractivity contribution >= 4 is 21.8 Å². The second kappa shape index (κ2) is 5.04. The second-order valence-electron chi connectivity index (χ2n) is 5.29. The first-order valence-electron chi connectivity index (χ1n) is 6.78. The van der Waals surface area contributed by atoms with Gasteiger partial charge in [0.1, 0.15) is 0 Å². The van der Waals surface area contributed by atoms with Crippen LogP contribution in [0.1, 0.15) is 40.7 Å². The first-order chi connectivity index (χ1) is 8.79. The van der Waals surface area contributed by atoms with E-state index in [0.29, 0.717) is 6.04 Å². The molecule has 1 fully saturated rings. The highest BCUT2D eigenvalue weighted by Gasteiger charge is 2.28. The van der Waals surface area contributed by atoms with Crippen molar-refractivity contribution in [2.45, 2.75) is 38.1 Å². The average Bonchev–Trinajstić information content (AvgIpc) is 3.05. The summed E-state index contributed by atoms with van der Waals surface area (Å²) >= 11 is 3.51. The smallest absolute Gasteiger partial charge is 0.254 e. The van der Waals surface area contributed by atoms with Crippen LogP contribution in [0.2, 0.25) is 0 Å². The zero-order valence-electron chi connectivity index (χ0n) is 10.5. The summed E-state index contributed by atoms with van der Waals surface area (Å²) in [6.45, 7) is 0.909. The fraction of sp³-hybridized carbons (Fsp3) is 0.533. The van der Waals surface area contributed by atoms with Crippen LogP contribution in [-0.4, -0.2) is 28.7 Å². The van der Waals surface area contributed by atoms with Gasteiger partial charge in [0.05, 0.1) is 0 Å². The molecule has 0 bridgehead atoms. The minimum Gasteiger partial charge on any atom is -0.335 e. The summed E-state index contributed by atoms with van der Waals surface area (Å²) in [5.74, 6) is 0.214. The zero-order valence-corrected chi connectivity index (χ0v) is 12.1. The topological polar surface area (TPSA) is 20.3 Å². The third-order valence-corrected chi connectivity index (χ3v) is 4.91. The molecule has 1 unspecified atom stereocenters. The summed E-state index contributed by atoms with van der Waals surface area (Å²) < 4.78 is 0. The Morgan fingerprint density at radius 1 is 1.28 bits per heavy atom. The van der Waals surface area contributed by atoms with Crippen LogP contribution in [0.5, 0.6) is 0 Å². The fourth-order valence-corrected chi connectivity index (χ4v) is 3.81. The van der Waals surface area contributed by atoms with Crippen molar-refractivity contribution in [2.75, 3.05) is 11.9 Å². The molecule has 18 heavy (non-hydrogen) atoms. The molecule has 1 saturated heterocycles. The van der Waals surface area contributed by atoms with Gasteiger partial charge < -0.3 is 4.90 Å². The summed E-state index contributed by atoms with van der Waals surface area (Å²) in [4.78, 5) is 14.6. The lowest BCUT2D eigenvalue weighted by Crippen LogP contribution is -2.36. The van der Waals surface area contributed by atoms with Gasteiger partial charge in [0.25, 0.3) is 5.91 Å². The lowest BCUT2D eigenvalue weighted by Gasteiger charge is -2.23. The van der Waals surface area contributed by atoms with Gasteiger partial charge in [-0.25, -0.2) is 0 Å². The van der Waals surface area contributed by atoms with Gasteiger partial charge >= 0.3 is 0 Å². The Balaban J connectivity index is 1.84. The van der Waals surface area contributed by atoms with Gasteiger partial charge in [0.15, 0.2) is 0 Å². The van der Waals surface area contributed by atoms with E-state index in [2.05, 4.69) is 28.1 Å². The third-order valence-electron chi connectivity index (χ3n) is 4.16. The molecule has 1 amide bonds. The Morgan fingerprint density at radius 2 is 2.11 bits per heavy atom. The quantitative estimate of drug-likeness (QED) is 0.769. The maximum atomic E-state index is 12.5. The van der Waals surface area contributed by atoms with Gasteiger partial charge in [-0.2, -0.15) is 0 Å². The number of carbonyl (C=O) groups excluding carboxylic acids is 1. The molecular weight excluding hydrogens is 290 g/mol. The molecule has 1 aromatic rings. The van der Waals surface area contributed by atoms with Gasteiger partial charge in [-0.3, -0.25) is 4.79 Å². The predicted molar refractivity (Wildman–Crippen MR) is 76.3 cm³/mol. The van der Waals surface area contributed by atoms with Crippen LogP contribution in [0.25, 0.3) is 0 Å².